The molecule has 3 aromatic rings. The number of anilines is 1. The van der Waals surface area contributed by atoms with E-state index in [1.54, 1.807) is 6.07 Å². The van der Waals surface area contributed by atoms with Crippen molar-refractivity contribution < 1.29 is 9.59 Å². The number of thioether (sulfide) groups is 1. The minimum atomic E-state index is -0.323. The summed E-state index contributed by atoms with van der Waals surface area (Å²) >= 11 is 8.45. The second-order valence-corrected chi connectivity index (χ2v) is 8.46. The van der Waals surface area contributed by atoms with E-state index in [9.17, 15) is 9.59 Å². The molecule has 0 aliphatic carbocycles. The summed E-state index contributed by atoms with van der Waals surface area (Å²) in [6.07, 6.45) is 0. The van der Waals surface area contributed by atoms with Gasteiger partial charge >= 0.3 is 0 Å². The highest BCUT2D eigenvalue weighted by atomic mass is 35.5. The van der Waals surface area contributed by atoms with Crippen molar-refractivity contribution >= 4 is 52.2 Å². The maximum atomic E-state index is 12.2. The summed E-state index contributed by atoms with van der Waals surface area (Å²) in [6, 6.07) is 14.8. The Kier molecular flexibility index (Phi) is 7.02. The van der Waals surface area contributed by atoms with E-state index in [0.29, 0.717) is 21.6 Å². The maximum Gasteiger partial charge on any atom is 0.286 e. The Morgan fingerprint density at radius 3 is 2.61 bits per heavy atom. The lowest BCUT2D eigenvalue weighted by Crippen LogP contribution is -2.24. The smallest absolute Gasteiger partial charge is 0.286 e. The van der Waals surface area contributed by atoms with Gasteiger partial charge in [0, 0.05) is 17.3 Å². The fourth-order valence-corrected chi connectivity index (χ4v) is 3.97. The molecule has 0 spiro atoms. The molecule has 28 heavy (non-hydrogen) atoms. The fraction of sp³-hybridized carbons (Fsp3) is 0.158. The first-order valence-electron chi connectivity index (χ1n) is 8.35. The van der Waals surface area contributed by atoms with E-state index in [2.05, 4.69) is 20.8 Å². The number of benzene rings is 2. The van der Waals surface area contributed by atoms with Crippen molar-refractivity contribution in [1.82, 2.24) is 15.5 Å². The van der Waals surface area contributed by atoms with Gasteiger partial charge in [0.15, 0.2) is 4.34 Å². The highest BCUT2D eigenvalue weighted by Gasteiger charge is 2.14. The number of rotatable bonds is 7. The molecule has 6 nitrogen and oxygen atoms in total. The molecule has 3 rings (SSSR count). The number of aromatic nitrogens is 2. The summed E-state index contributed by atoms with van der Waals surface area (Å²) in [4.78, 5) is 24.2. The van der Waals surface area contributed by atoms with Crippen LogP contribution in [0.5, 0.6) is 0 Å². The fourth-order valence-electron chi connectivity index (χ4n) is 2.20. The first kappa shape index (κ1) is 20.3. The molecule has 0 unspecified atom stereocenters. The van der Waals surface area contributed by atoms with Gasteiger partial charge in [-0.1, -0.05) is 70.6 Å². The molecular weight excluding hydrogens is 416 g/mol. The van der Waals surface area contributed by atoms with Gasteiger partial charge in [0.2, 0.25) is 10.9 Å². The van der Waals surface area contributed by atoms with Crippen molar-refractivity contribution in [3.8, 4) is 0 Å². The van der Waals surface area contributed by atoms with Crippen molar-refractivity contribution in [2.24, 2.45) is 0 Å². The van der Waals surface area contributed by atoms with Crippen LogP contribution in [-0.4, -0.2) is 27.8 Å². The zero-order chi connectivity index (χ0) is 19.9. The molecule has 2 amide bonds. The minimum Gasteiger partial charge on any atom is -0.351 e. The summed E-state index contributed by atoms with van der Waals surface area (Å²) in [6.45, 7) is 2.34. The van der Waals surface area contributed by atoms with Crippen LogP contribution in [0.15, 0.2) is 52.9 Å². The third kappa shape index (κ3) is 5.79. The summed E-state index contributed by atoms with van der Waals surface area (Å²) in [5, 5.41) is 14.3. The summed E-state index contributed by atoms with van der Waals surface area (Å²) in [5.74, 6) is -0.291. The van der Waals surface area contributed by atoms with Crippen molar-refractivity contribution in [1.29, 1.82) is 0 Å². The van der Waals surface area contributed by atoms with E-state index in [1.807, 2.05) is 49.4 Å². The lowest BCUT2D eigenvalue weighted by Gasteiger charge is -2.05. The summed E-state index contributed by atoms with van der Waals surface area (Å²) in [5.41, 5.74) is 2.66. The van der Waals surface area contributed by atoms with Gasteiger partial charge in [-0.25, -0.2) is 0 Å². The topological polar surface area (TPSA) is 84.0 Å². The van der Waals surface area contributed by atoms with Gasteiger partial charge in [0.1, 0.15) is 0 Å². The molecule has 0 fully saturated rings. The van der Waals surface area contributed by atoms with Gasteiger partial charge in [0.05, 0.1) is 5.75 Å². The average Bonchev–Trinajstić information content (AvgIpc) is 3.17. The monoisotopic (exact) mass is 432 g/mol. The van der Waals surface area contributed by atoms with Gasteiger partial charge < -0.3 is 10.6 Å². The third-order valence-electron chi connectivity index (χ3n) is 3.67. The number of carbonyl (C=O) groups is 2. The van der Waals surface area contributed by atoms with Gasteiger partial charge in [-0.3, -0.25) is 9.59 Å². The van der Waals surface area contributed by atoms with Gasteiger partial charge in [-0.15, -0.1) is 10.2 Å². The van der Waals surface area contributed by atoms with Crippen LogP contribution in [0.25, 0.3) is 0 Å². The number of nitrogens with one attached hydrogen (secondary N) is 2. The van der Waals surface area contributed by atoms with Crippen LogP contribution in [0, 0.1) is 6.92 Å². The largest absolute Gasteiger partial charge is 0.351 e. The SMILES string of the molecule is Cc1ccc(NC(=O)c2nnc(SCC(=O)NCc3ccccc3Cl)s2)cc1. The third-order valence-corrected chi connectivity index (χ3v) is 6.09. The van der Waals surface area contributed by atoms with Crippen LogP contribution in [-0.2, 0) is 11.3 Å². The molecule has 0 aliphatic rings. The van der Waals surface area contributed by atoms with Crippen LogP contribution < -0.4 is 10.6 Å². The summed E-state index contributed by atoms with van der Waals surface area (Å²) < 4.78 is 0.557. The molecule has 0 aliphatic heterocycles. The number of hydrogen-bond acceptors (Lipinski definition) is 6. The molecule has 9 heteroatoms. The normalized spacial score (nSPS) is 10.5. The lowest BCUT2D eigenvalue weighted by molar-refractivity contribution is -0.118. The van der Waals surface area contributed by atoms with Crippen molar-refractivity contribution in [2.45, 2.75) is 17.8 Å². The zero-order valence-corrected chi connectivity index (χ0v) is 17.3. The second-order valence-electron chi connectivity index (χ2n) is 5.85. The number of nitrogens with zero attached hydrogens (tertiary/aromatic N) is 2. The molecule has 2 N–H and O–H groups in total. The summed E-state index contributed by atoms with van der Waals surface area (Å²) in [7, 11) is 0. The average molecular weight is 433 g/mol. The first-order chi connectivity index (χ1) is 13.5. The minimum absolute atomic E-state index is 0.147. The van der Waals surface area contributed by atoms with Crippen LogP contribution in [0.4, 0.5) is 5.69 Å². The Balaban J connectivity index is 1.47. The molecule has 2 aromatic carbocycles. The van der Waals surface area contributed by atoms with Crippen LogP contribution in [0.1, 0.15) is 20.9 Å². The number of halogens is 1. The van der Waals surface area contributed by atoms with E-state index in [4.69, 9.17) is 11.6 Å². The Bertz CT molecular complexity index is 976. The van der Waals surface area contributed by atoms with E-state index >= 15 is 0 Å². The zero-order valence-electron chi connectivity index (χ0n) is 14.9. The quantitative estimate of drug-likeness (QED) is 0.547. The molecular formula is C19H17ClN4O2S2. The van der Waals surface area contributed by atoms with Crippen molar-refractivity contribution in [2.75, 3.05) is 11.1 Å². The van der Waals surface area contributed by atoms with Gasteiger partial charge in [0.25, 0.3) is 5.91 Å². The van der Waals surface area contributed by atoms with E-state index in [-0.39, 0.29) is 22.6 Å². The standard InChI is InChI=1S/C19H17ClN4O2S2/c1-12-6-8-14(9-7-12)22-17(26)18-23-24-19(28-18)27-11-16(25)21-10-13-4-2-3-5-15(13)20/h2-9H,10-11H2,1H3,(H,21,25)(H,22,26). The predicted molar refractivity (Wildman–Crippen MR) is 113 cm³/mol. The van der Waals surface area contributed by atoms with E-state index < -0.39 is 0 Å². The Hall–Kier alpha value is -2.42. The lowest BCUT2D eigenvalue weighted by atomic mass is 10.2. The number of hydrogen-bond donors (Lipinski definition) is 2. The molecule has 0 saturated heterocycles. The number of amides is 2. The van der Waals surface area contributed by atoms with Gasteiger partial charge in [-0.2, -0.15) is 0 Å². The number of aryl methyl sites for hydroxylation is 1. The molecule has 1 heterocycles. The second kappa shape index (κ2) is 9.68. The molecule has 1 aromatic heterocycles. The Morgan fingerprint density at radius 2 is 1.86 bits per heavy atom. The van der Waals surface area contributed by atoms with Gasteiger partial charge in [-0.05, 0) is 30.7 Å². The predicted octanol–water partition coefficient (Wildman–Crippen LogP) is 4.16. The van der Waals surface area contributed by atoms with Crippen molar-refractivity contribution in [3.05, 3.63) is 69.7 Å². The highest BCUT2D eigenvalue weighted by molar-refractivity contribution is 8.01. The number of carbonyl (C=O) groups excluding carboxylic acids is 2. The first-order valence-corrected chi connectivity index (χ1v) is 10.5. The molecule has 0 radical (unpaired) electrons. The highest BCUT2D eigenvalue weighted by Crippen LogP contribution is 2.23. The molecule has 0 bridgehead atoms. The molecule has 0 atom stereocenters. The Labute approximate surface area is 175 Å². The van der Waals surface area contributed by atoms with Crippen LogP contribution in [0.3, 0.4) is 0 Å². The Morgan fingerprint density at radius 1 is 1.11 bits per heavy atom. The van der Waals surface area contributed by atoms with Crippen molar-refractivity contribution in [3.63, 3.8) is 0 Å². The van der Waals surface area contributed by atoms with E-state index in [1.165, 1.54) is 11.8 Å². The maximum absolute atomic E-state index is 12.2. The van der Waals surface area contributed by atoms with Crippen LogP contribution >= 0.6 is 34.7 Å². The molecule has 144 valence electrons. The van der Waals surface area contributed by atoms with Crippen LogP contribution in [0.2, 0.25) is 5.02 Å². The van der Waals surface area contributed by atoms with E-state index in [0.717, 1.165) is 22.5 Å². The molecule has 0 saturated carbocycles.